The number of aliphatic hydroxyl groups is 2. The fourth-order valence-corrected chi connectivity index (χ4v) is 1.45. The van der Waals surface area contributed by atoms with E-state index in [0.29, 0.717) is 6.42 Å². The molecule has 0 fully saturated rings. The minimum absolute atomic E-state index is 0.108. The van der Waals surface area contributed by atoms with Crippen LogP contribution >= 0.6 is 0 Å². The first-order chi connectivity index (χ1) is 6.31. The SMILES string of the molecule is CCCCCCCC[C@H](O)CCO. The molecule has 0 amide bonds. The van der Waals surface area contributed by atoms with E-state index in [1.54, 1.807) is 0 Å². The molecule has 2 heteroatoms. The number of unbranched alkanes of at least 4 members (excludes halogenated alkanes) is 5. The molecule has 13 heavy (non-hydrogen) atoms. The van der Waals surface area contributed by atoms with Gasteiger partial charge in [-0.2, -0.15) is 0 Å². The van der Waals surface area contributed by atoms with Crippen molar-refractivity contribution in [3.63, 3.8) is 0 Å². The summed E-state index contributed by atoms with van der Waals surface area (Å²) in [7, 11) is 0. The molecular formula is C11H24O2. The molecule has 0 saturated carbocycles. The van der Waals surface area contributed by atoms with Crippen LogP contribution in [-0.4, -0.2) is 22.9 Å². The summed E-state index contributed by atoms with van der Waals surface area (Å²) in [5.74, 6) is 0. The standard InChI is InChI=1S/C11H24O2/c1-2-3-4-5-6-7-8-11(13)9-10-12/h11-13H,2-10H2,1H3/t11-/m0/s1. The van der Waals surface area contributed by atoms with E-state index >= 15 is 0 Å². The molecule has 0 aliphatic rings. The molecule has 0 aliphatic heterocycles. The molecule has 1 atom stereocenters. The van der Waals surface area contributed by atoms with E-state index in [4.69, 9.17) is 5.11 Å². The van der Waals surface area contributed by atoms with Crippen LogP contribution in [0.1, 0.15) is 58.3 Å². The van der Waals surface area contributed by atoms with Gasteiger partial charge in [-0.25, -0.2) is 0 Å². The van der Waals surface area contributed by atoms with Crippen molar-refractivity contribution in [1.29, 1.82) is 0 Å². The first-order valence-corrected chi connectivity index (χ1v) is 5.60. The number of hydrogen-bond donors (Lipinski definition) is 2. The molecule has 0 rings (SSSR count). The fraction of sp³-hybridized carbons (Fsp3) is 1.00. The quantitative estimate of drug-likeness (QED) is 0.546. The normalized spacial score (nSPS) is 13.2. The van der Waals surface area contributed by atoms with E-state index in [1.165, 1.54) is 32.1 Å². The second kappa shape index (κ2) is 10.0. The molecule has 0 spiro atoms. The summed E-state index contributed by atoms with van der Waals surface area (Å²) in [5.41, 5.74) is 0. The van der Waals surface area contributed by atoms with Gasteiger partial charge in [-0.15, -0.1) is 0 Å². The second-order valence-electron chi connectivity index (χ2n) is 3.72. The zero-order valence-corrected chi connectivity index (χ0v) is 8.84. The van der Waals surface area contributed by atoms with Crippen molar-refractivity contribution in [2.75, 3.05) is 6.61 Å². The van der Waals surface area contributed by atoms with Crippen molar-refractivity contribution < 1.29 is 10.2 Å². The maximum absolute atomic E-state index is 9.29. The van der Waals surface area contributed by atoms with Crippen molar-refractivity contribution in [2.45, 2.75) is 64.4 Å². The maximum atomic E-state index is 9.29. The highest BCUT2D eigenvalue weighted by Crippen LogP contribution is 2.09. The third kappa shape index (κ3) is 9.84. The average molecular weight is 188 g/mol. The van der Waals surface area contributed by atoms with Crippen LogP contribution in [0, 0.1) is 0 Å². The third-order valence-electron chi connectivity index (χ3n) is 2.35. The number of rotatable bonds is 9. The molecule has 0 unspecified atom stereocenters. The Morgan fingerprint density at radius 1 is 0.923 bits per heavy atom. The predicted octanol–water partition coefficient (Wildman–Crippen LogP) is 2.48. The van der Waals surface area contributed by atoms with Crippen LogP contribution in [-0.2, 0) is 0 Å². The minimum Gasteiger partial charge on any atom is -0.396 e. The van der Waals surface area contributed by atoms with Crippen LogP contribution in [0.4, 0.5) is 0 Å². The van der Waals surface area contributed by atoms with Gasteiger partial charge in [0.2, 0.25) is 0 Å². The highest BCUT2D eigenvalue weighted by Gasteiger charge is 2.01. The van der Waals surface area contributed by atoms with E-state index in [0.717, 1.165) is 12.8 Å². The molecule has 0 bridgehead atoms. The summed E-state index contributed by atoms with van der Waals surface area (Å²) in [6.07, 6.45) is 8.67. The molecule has 0 aromatic carbocycles. The van der Waals surface area contributed by atoms with Gasteiger partial charge in [-0.1, -0.05) is 45.4 Å². The maximum Gasteiger partial charge on any atom is 0.0562 e. The van der Waals surface area contributed by atoms with Gasteiger partial charge in [0.15, 0.2) is 0 Å². The molecule has 0 saturated heterocycles. The van der Waals surface area contributed by atoms with Crippen molar-refractivity contribution >= 4 is 0 Å². The summed E-state index contributed by atoms with van der Waals surface area (Å²) in [5, 5.41) is 17.8. The molecule has 80 valence electrons. The highest BCUT2D eigenvalue weighted by molar-refractivity contribution is 4.55. The van der Waals surface area contributed by atoms with Gasteiger partial charge in [0.25, 0.3) is 0 Å². The molecule has 0 radical (unpaired) electrons. The zero-order chi connectivity index (χ0) is 9.94. The summed E-state index contributed by atoms with van der Waals surface area (Å²) in [6, 6.07) is 0. The van der Waals surface area contributed by atoms with Gasteiger partial charge in [0.05, 0.1) is 6.10 Å². The van der Waals surface area contributed by atoms with Gasteiger partial charge >= 0.3 is 0 Å². The van der Waals surface area contributed by atoms with Gasteiger partial charge in [0.1, 0.15) is 0 Å². The second-order valence-corrected chi connectivity index (χ2v) is 3.72. The van der Waals surface area contributed by atoms with E-state index in [-0.39, 0.29) is 12.7 Å². The third-order valence-corrected chi connectivity index (χ3v) is 2.35. The predicted molar refractivity (Wildman–Crippen MR) is 55.7 cm³/mol. The minimum atomic E-state index is -0.281. The average Bonchev–Trinajstić information content (AvgIpc) is 2.11. The van der Waals surface area contributed by atoms with Crippen LogP contribution in [0.25, 0.3) is 0 Å². The van der Waals surface area contributed by atoms with Gasteiger partial charge in [-0.05, 0) is 12.8 Å². The van der Waals surface area contributed by atoms with Crippen molar-refractivity contribution in [2.24, 2.45) is 0 Å². The van der Waals surface area contributed by atoms with E-state index in [9.17, 15) is 5.11 Å². The first kappa shape index (κ1) is 12.9. The lowest BCUT2D eigenvalue weighted by atomic mass is 10.1. The van der Waals surface area contributed by atoms with Crippen LogP contribution < -0.4 is 0 Å². The van der Waals surface area contributed by atoms with Gasteiger partial charge in [0, 0.05) is 6.61 Å². The topological polar surface area (TPSA) is 40.5 Å². The Bertz CT molecular complexity index is 94.1. The van der Waals surface area contributed by atoms with Gasteiger partial charge < -0.3 is 10.2 Å². The zero-order valence-electron chi connectivity index (χ0n) is 8.84. The molecule has 2 N–H and O–H groups in total. The Morgan fingerprint density at radius 2 is 1.54 bits per heavy atom. The molecule has 0 aromatic heterocycles. The lowest BCUT2D eigenvalue weighted by Crippen LogP contribution is -2.08. The Labute approximate surface area is 82.0 Å². The summed E-state index contributed by atoms with van der Waals surface area (Å²) in [4.78, 5) is 0. The summed E-state index contributed by atoms with van der Waals surface area (Å²) >= 11 is 0. The van der Waals surface area contributed by atoms with Crippen LogP contribution in [0.2, 0.25) is 0 Å². The van der Waals surface area contributed by atoms with Crippen molar-refractivity contribution in [3.8, 4) is 0 Å². The van der Waals surface area contributed by atoms with Crippen LogP contribution in [0.3, 0.4) is 0 Å². The van der Waals surface area contributed by atoms with Crippen molar-refractivity contribution in [3.05, 3.63) is 0 Å². The number of aliphatic hydroxyl groups excluding tert-OH is 2. The largest absolute Gasteiger partial charge is 0.396 e. The van der Waals surface area contributed by atoms with Crippen LogP contribution in [0.15, 0.2) is 0 Å². The van der Waals surface area contributed by atoms with Crippen molar-refractivity contribution in [1.82, 2.24) is 0 Å². The molecule has 0 aromatic rings. The monoisotopic (exact) mass is 188 g/mol. The highest BCUT2D eigenvalue weighted by atomic mass is 16.3. The Hall–Kier alpha value is -0.0800. The molecule has 2 nitrogen and oxygen atoms in total. The molecule has 0 heterocycles. The first-order valence-electron chi connectivity index (χ1n) is 5.60. The summed E-state index contributed by atoms with van der Waals surface area (Å²) in [6.45, 7) is 2.32. The lowest BCUT2D eigenvalue weighted by molar-refractivity contribution is 0.122. The smallest absolute Gasteiger partial charge is 0.0562 e. The Balaban J connectivity index is 2.97. The molecular weight excluding hydrogens is 164 g/mol. The van der Waals surface area contributed by atoms with Crippen LogP contribution in [0.5, 0.6) is 0 Å². The van der Waals surface area contributed by atoms with E-state index < -0.39 is 0 Å². The van der Waals surface area contributed by atoms with E-state index in [1.807, 2.05) is 0 Å². The lowest BCUT2D eigenvalue weighted by Gasteiger charge is -2.07. The Morgan fingerprint density at radius 3 is 2.15 bits per heavy atom. The Kier molecular flexibility index (Phi) is 9.94. The number of hydrogen-bond acceptors (Lipinski definition) is 2. The molecule has 0 aliphatic carbocycles. The van der Waals surface area contributed by atoms with Gasteiger partial charge in [-0.3, -0.25) is 0 Å². The van der Waals surface area contributed by atoms with E-state index in [2.05, 4.69) is 6.92 Å². The summed E-state index contributed by atoms with van der Waals surface area (Å²) < 4.78 is 0. The fourth-order valence-electron chi connectivity index (χ4n) is 1.45.